The molecule has 0 atom stereocenters. The number of amides is 1. The Morgan fingerprint density at radius 2 is 2.30 bits per heavy atom. The summed E-state index contributed by atoms with van der Waals surface area (Å²) in [6.45, 7) is 1.41. The number of nitrogens with zero attached hydrogens (tertiary/aromatic N) is 4. The molecule has 1 N–H and O–H groups in total. The summed E-state index contributed by atoms with van der Waals surface area (Å²) in [7, 11) is 0. The van der Waals surface area contributed by atoms with E-state index < -0.39 is 10.9 Å². The molecule has 0 bridgehead atoms. The van der Waals surface area contributed by atoms with Gasteiger partial charge in [-0.25, -0.2) is 0 Å². The molecular formula is C11H10BrN5O3. The van der Waals surface area contributed by atoms with Gasteiger partial charge in [-0.3, -0.25) is 4.79 Å². The molecule has 1 aromatic heterocycles. The molecule has 0 aliphatic heterocycles. The molecule has 0 spiro atoms. The van der Waals surface area contributed by atoms with Crippen LogP contribution in [0, 0.1) is 17.0 Å². The Kier molecular flexibility index (Phi) is 4.08. The van der Waals surface area contributed by atoms with Crippen LogP contribution in [0.15, 0.2) is 28.7 Å². The Bertz CT molecular complexity index is 670. The maximum atomic E-state index is 11.8. The minimum Gasteiger partial charge on any atom is -0.390 e. The first-order valence-electron chi connectivity index (χ1n) is 5.57. The summed E-state index contributed by atoms with van der Waals surface area (Å²) in [4.78, 5) is 25.3. The molecule has 104 valence electrons. The van der Waals surface area contributed by atoms with Crippen LogP contribution in [0.1, 0.15) is 5.82 Å². The van der Waals surface area contributed by atoms with E-state index in [4.69, 9.17) is 0 Å². The first-order valence-corrected chi connectivity index (χ1v) is 6.36. The van der Waals surface area contributed by atoms with Crippen LogP contribution in [-0.4, -0.2) is 25.6 Å². The van der Waals surface area contributed by atoms with Gasteiger partial charge >= 0.3 is 5.95 Å². The van der Waals surface area contributed by atoms with Crippen molar-refractivity contribution >= 4 is 33.5 Å². The van der Waals surface area contributed by atoms with Crippen molar-refractivity contribution < 1.29 is 9.72 Å². The SMILES string of the molecule is Cc1nc([N+](=O)[O-])nn1CC(=O)Nc1cccc(Br)c1. The molecule has 0 saturated heterocycles. The van der Waals surface area contributed by atoms with Crippen LogP contribution in [-0.2, 0) is 11.3 Å². The molecular weight excluding hydrogens is 330 g/mol. The van der Waals surface area contributed by atoms with E-state index in [1.165, 1.54) is 4.68 Å². The van der Waals surface area contributed by atoms with E-state index in [1.54, 1.807) is 25.1 Å². The summed E-state index contributed by atoms with van der Waals surface area (Å²) in [6.07, 6.45) is 0. The second kappa shape index (κ2) is 5.78. The van der Waals surface area contributed by atoms with E-state index in [9.17, 15) is 14.9 Å². The number of halogens is 1. The van der Waals surface area contributed by atoms with E-state index in [-0.39, 0.29) is 12.5 Å². The highest BCUT2D eigenvalue weighted by molar-refractivity contribution is 9.10. The second-order valence-corrected chi connectivity index (χ2v) is 4.85. The van der Waals surface area contributed by atoms with Crippen LogP contribution >= 0.6 is 15.9 Å². The van der Waals surface area contributed by atoms with Crippen molar-refractivity contribution in [3.8, 4) is 0 Å². The highest BCUT2D eigenvalue weighted by Crippen LogP contribution is 2.15. The van der Waals surface area contributed by atoms with Gasteiger partial charge in [-0.05, 0) is 28.1 Å². The molecule has 1 amide bonds. The van der Waals surface area contributed by atoms with Crippen LogP contribution in [0.4, 0.5) is 11.6 Å². The number of carbonyl (C=O) groups is 1. The number of benzene rings is 1. The van der Waals surface area contributed by atoms with Crippen LogP contribution in [0.5, 0.6) is 0 Å². The molecule has 0 saturated carbocycles. The van der Waals surface area contributed by atoms with E-state index >= 15 is 0 Å². The molecule has 1 aromatic carbocycles. The number of aromatic nitrogens is 3. The van der Waals surface area contributed by atoms with Gasteiger partial charge in [0.2, 0.25) is 11.7 Å². The lowest BCUT2D eigenvalue weighted by Gasteiger charge is -2.04. The van der Waals surface area contributed by atoms with E-state index in [2.05, 4.69) is 31.3 Å². The standard InChI is InChI=1S/C11H10BrN5O3/c1-7-13-11(17(19)20)15-16(7)6-10(18)14-9-4-2-3-8(12)5-9/h2-5H,6H2,1H3,(H,14,18). The fourth-order valence-corrected chi connectivity index (χ4v) is 1.93. The lowest BCUT2D eigenvalue weighted by Crippen LogP contribution is -2.20. The number of hydrogen-bond donors (Lipinski definition) is 1. The smallest absolute Gasteiger partial charge is 0.390 e. The van der Waals surface area contributed by atoms with Gasteiger partial charge in [0.25, 0.3) is 0 Å². The highest BCUT2D eigenvalue weighted by atomic mass is 79.9. The minimum atomic E-state index is -0.699. The Morgan fingerprint density at radius 3 is 2.90 bits per heavy atom. The van der Waals surface area contributed by atoms with E-state index in [0.29, 0.717) is 11.5 Å². The van der Waals surface area contributed by atoms with Crippen molar-refractivity contribution in [2.75, 3.05) is 5.32 Å². The number of carbonyl (C=O) groups excluding carboxylic acids is 1. The monoisotopic (exact) mass is 339 g/mol. The molecule has 9 heteroatoms. The van der Waals surface area contributed by atoms with E-state index in [0.717, 1.165) is 4.47 Å². The predicted molar refractivity (Wildman–Crippen MR) is 74.2 cm³/mol. The minimum absolute atomic E-state index is 0.140. The van der Waals surface area contributed by atoms with Gasteiger partial charge in [-0.1, -0.05) is 22.0 Å². The van der Waals surface area contributed by atoms with Crippen LogP contribution in [0.2, 0.25) is 0 Å². The fraction of sp³-hybridized carbons (Fsp3) is 0.182. The summed E-state index contributed by atoms with van der Waals surface area (Å²) >= 11 is 3.30. The predicted octanol–water partition coefficient (Wildman–Crippen LogP) is 1.90. The Hall–Kier alpha value is -2.29. The third kappa shape index (κ3) is 3.38. The maximum Gasteiger partial charge on any atom is 0.491 e. The molecule has 0 fully saturated rings. The summed E-state index contributed by atoms with van der Waals surface area (Å²) in [5.74, 6) is -0.551. The molecule has 2 rings (SSSR count). The Balaban J connectivity index is 2.06. The molecule has 8 nitrogen and oxygen atoms in total. The largest absolute Gasteiger partial charge is 0.491 e. The van der Waals surface area contributed by atoms with Gasteiger partial charge in [0.05, 0.1) is 0 Å². The molecule has 1 heterocycles. The summed E-state index contributed by atoms with van der Waals surface area (Å²) in [5, 5.41) is 16.9. The molecule has 0 radical (unpaired) electrons. The molecule has 0 aliphatic carbocycles. The zero-order valence-electron chi connectivity index (χ0n) is 10.4. The van der Waals surface area contributed by atoms with Gasteiger partial charge in [-0.15, -0.1) is 0 Å². The summed E-state index contributed by atoms with van der Waals surface area (Å²) < 4.78 is 2.02. The summed E-state index contributed by atoms with van der Waals surface area (Å²) in [5.41, 5.74) is 0.622. The van der Waals surface area contributed by atoms with Crippen molar-refractivity contribution in [1.82, 2.24) is 14.8 Å². The van der Waals surface area contributed by atoms with Crippen molar-refractivity contribution in [2.24, 2.45) is 0 Å². The maximum absolute atomic E-state index is 11.8. The quantitative estimate of drug-likeness (QED) is 0.676. The van der Waals surface area contributed by atoms with Crippen molar-refractivity contribution in [1.29, 1.82) is 0 Å². The average Bonchev–Trinajstić information content (AvgIpc) is 2.71. The van der Waals surface area contributed by atoms with E-state index in [1.807, 2.05) is 6.07 Å². The Labute approximate surface area is 122 Å². The topological polar surface area (TPSA) is 103 Å². The molecule has 2 aromatic rings. The summed E-state index contributed by atoms with van der Waals surface area (Å²) in [6, 6.07) is 7.10. The van der Waals surface area contributed by atoms with Gasteiger partial charge in [0, 0.05) is 22.2 Å². The Morgan fingerprint density at radius 1 is 1.55 bits per heavy atom. The number of aryl methyl sites for hydroxylation is 1. The van der Waals surface area contributed by atoms with Gasteiger partial charge in [0.1, 0.15) is 6.54 Å². The van der Waals surface area contributed by atoms with Gasteiger partial charge in [0.15, 0.2) is 0 Å². The zero-order chi connectivity index (χ0) is 14.7. The van der Waals surface area contributed by atoms with Gasteiger partial charge < -0.3 is 15.4 Å². The molecule has 0 aliphatic rings. The normalized spacial score (nSPS) is 10.3. The molecule has 20 heavy (non-hydrogen) atoms. The van der Waals surface area contributed by atoms with Crippen LogP contribution in [0.3, 0.4) is 0 Å². The van der Waals surface area contributed by atoms with Crippen molar-refractivity contribution in [3.05, 3.63) is 44.7 Å². The second-order valence-electron chi connectivity index (χ2n) is 3.93. The fourth-order valence-electron chi connectivity index (χ4n) is 1.54. The third-order valence-electron chi connectivity index (χ3n) is 2.41. The zero-order valence-corrected chi connectivity index (χ0v) is 12.0. The first-order chi connectivity index (χ1) is 9.45. The van der Waals surface area contributed by atoms with Crippen LogP contribution in [0.25, 0.3) is 0 Å². The number of nitrogens with one attached hydrogen (secondary N) is 1. The number of anilines is 1. The number of nitro groups is 1. The average molecular weight is 340 g/mol. The third-order valence-corrected chi connectivity index (χ3v) is 2.90. The lowest BCUT2D eigenvalue weighted by atomic mass is 10.3. The van der Waals surface area contributed by atoms with Crippen molar-refractivity contribution in [2.45, 2.75) is 13.5 Å². The number of rotatable bonds is 4. The van der Waals surface area contributed by atoms with Crippen LogP contribution < -0.4 is 5.32 Å². The molecule has 0 unspecified atom stereocenters. The number of hydrogen-bond acceptors (Lipinski definition) is 5. The highest BCUT2D eigenvalue weighted by Gasteiger charge is 2.19. The van der Waals surface area contributed by atoms with Gasteiger partial charge in [-0.2, -0.15) is 4.68 Å². The van der Waals surface area contributed by atoms with Crippen molar-refractivity contribution in [3.63, 3.8) is 0 Å². The first kappa shape index (κ1) is 14.1. The lowest BCUT2D eigenvalue weighted by molar-refractivity contribution is -0.394.